The molecule has 2 heterocycles. The van der Waals surface area contributed by atoms with E-state index in [0.717, 1.165) is 5.56 Å². The maximum Gasteiger partial charge on any atom is 0.231 e. The highest BCUT2D eigenvalue weighted by Crippen LogP contribution is 2.44. The lowest BCUT2D eigenvalue weighted by molar-refractivity contribution is 0.174. The van der Waals surface area contributed by atoms with Gasteiger partial charge in [-0.15, -0.1) is 0 Å². The van der Waals surface area contributed by atoms with Crippen LogP contribution in [0, 0.1) is 6.92 Å². The number of hydrogen-bond acceptors (Lipinski definition) is 4. The monoisotopic (exact) mass is 336 g/mol. The minimum absolute atomic E-state index is 0.140. The zero-order valence-corrected chi connectivity index (χ0v) is 14.6. The third kappa shape index (κ3) is 2.80. The molecule has 1 aliphatic rings. The molecule has 1 aromatic heterocycles. The summed E-state index contributed by atoms with van der Waals surface area (Å²) in [4.78, 5) is 13.2. The average molecular weight is 336 g/mol. The van der Waals surface area contributed by atoms with Crippen LogP contribution in [0.25, 0.3) is 29.4 Å². The third-order valence-electron chi connectivity index (χ3n) is 4.04. The molecule has 0 N–H and O–H groups in total. The molecule has 25 heavy (non-hydrogen) atoms. The minimum atomic E-state index is -0.144. The first-order chi connectivity index (χ1) is 12.1. The van der Waals surface area contributed by atoms with Crippen LogP contribution in [0.3, 0.4) is 0 Å². The molecule has 0 atom stereocenters. The molecule has 0 radical (unpaired) electrons. The second-order valence-electron chi connectivity index (χ2n) is 5.64. The molecule has 0 spiro atoms. The maximum absolute atomic E-state index is 13.2. The van der Waals surface area contributed by atoms with E-state index in [4.69, 9.17) is 13.9 Å². The van der Waals surface area contributed by atoms with Crippen LogP contribution in [-0.2, 0) is 0 Å². The number of benzene rings is 1. The van der Waals surface area contributed by atoms with Crippen molar-refractivity contribution in [1.82, 2.24) is 0 Å². The molecule has 0 saturated heterocycles. The summed E-state index contributed by atoms with van der Waals surface area (Å²) in [6.45, 7) is 9.59. The van der Waals surface area contributed by atoms with E-state index in [-0.39, 0.29) is 12.2 Å². The van der Waals surface area contributed by atoms with E-state index in [0.29, 0.717) is 39.7 Å². The Bertz CT molecular complexity index is 945. The van der Waals surface area contributed by atoms with Gasteiger partial charge in [0, 0.05) is 5.56 Å². The van der Waals surface area contributed by atoms with E-state index in [2.05, 4.69) is 6.58 Å². The average Bonchev–Trinajstić information content (AvgIpc) is 3.06. The summed E-state index contributed by atoms with van der Waals surface area (Å²) < 4.78 is 17.1. The highest BCUT2D eigenvalue weighted by molar-refractivity contribution is 5.84. The van der Waals surface area contributed by atoms with Crippen molar-refractivity contribution in [3.05, 3.63) is 63.7 Å². The highest BCUT2D eigenvalue weighted by atomic mass is 16.7. The van der Waals surface area contributed by atoms with E-state index in [1.165, 1.54) is 6.08 Å². The van der Waals surface area contributed by atoms with Crippen LogP contribution in [-0.4, -0.2) is 6.79 Å². The molecule has 0 saturated carbocycles. The zero-order valence-electron chi connectivity index (χ0n) is 14.6. The fraction of sp³-hybridized carbons (Fsp3) is 0.190. The summed E-state index contributed by atoms with van der Waals surface area (Å²) in [7, 11) is 0. The van der Waals surface area contributed by atoms with Crippen LogP contribution in [0.5, 0.6) is 11.5 Å². The lowest BCUT2D eigenvalue weighted by atomic mass is 9.95. The molecule has 0 fully saturated rings. The van der Waals surface area contributed by atoms with Gasteiger partial charge in [0.15, 0.2) is 11.5 Å². The fourth-order valence-electron chi connectivity index (χ4n) is 2.94. The summed E-state index contributed by atoms with van der Waals surface area (Å²) in [5.41, 5.74) is 2.36. The molecular weight excluding hydrogens is 316 g/mol. The highest BCUT2D eigenvalue weighted by Gasteiger charge is 2.26. The molecule has 1 aliphatic heterocycles. The molecule has 2 aromatic rings. The molecule has 0 bridgehead atoms. The SMILES string of the molecule is C=Cc1c(/C=C\C)oc(/C=C\C)c(-c2c(C)ccc3c2OCO3)c1=O. The summed E-state index contributed by atoms with van der Waals surface area (Å²) in [5, 5.41) is 0. The quantitative estimate of drug-likeness (QED) is 0.783. The van der Waals surface area contributed by atoms with Gasteiger partial charge in [-0.2, -0.15) is 0 Å². The van der Waals surface area contributed by atoms with Crippen molar-refractivity contribution in [2.45, 2.75) is 20.8 Å². The van der Waals surface area contributed by atoms with Crippen LogP contribution >= 0.6 is 0 Å². The molecule has 0 amide bonds. The summed E-state index contributed by atoms with van der Waals surface area (Å²) in [6, 6.07) is 3.76. The number of rotatable bonds is 4. The van der Waals surface area contributed by atoms with Crippen LogP contribution < -0.4 is 14.9 Å². The van der Waals surface area contributed by atoms with Crippen molar-refractivity contribution < 1.29 is 13.9 Å². The number of hydrogen-bond donors (Lipinski definition) is 0. The fourth-order valence-corrected chi connectivity index (χ4v) is 2.94. The van der Waals surface area contributed by atoms with Crippen LogP contribution in [0.15, 0.2) is 40.1 Å². The summed E-state index contributed by atoms with van der Waals surface area (Å²) in [6.07, 6.45) is 8.74. The Kier molecular flexibility index (Phi) is 4.61. The van der Waals surface area contributed by atoms with Gasteiger partial charge in [-0.1, -0.05) is 30.9 Å². The summed E-state index contributed by atoms with van der Waals surface area (Å²) >= 11 is 0. The van der Waals surface area contributed by atoms with Crippen molar-refractivity contribution in [3.63, 3.8) is 0 Å². The Hall–Kier alpha value is -3.01. The van der Waals surface area contributed by atoms with E-state index >= 15 is 0 Å². The van der Waals surface area contributed by atoms with Gasteiger partial charge in [-0.25, -0.2) is 0 Å². The van der Waals surface area contributed by atoms with Crippen LogP contribution in [0.1, 0.15) is 36.5 Å². The Labute approximate surface area is 146 Å². The predicted molar refractivity (Wildman–Crippen MR) is 101 cm³/mol. The first-order valence-corrected chi connectivity index (χ1v) is 8.10. The van der Waals surface area contributed by atoms with Crippen molar-refractivity contribution in [2.24, 2.45) is 0 Å². The molecule has 128 valence electrons. The zero-order chi connectivity index (χ0) is 18.0. The predicted octanol–water partition coefficient (Wildman–Crippen LogP) is 5.05. The van der Waals surface area contributed by atoms with Crippen molar-refractivity contribution in [3.8, 4) is 22.6 Å². The first-order valence-electron chi connectivity index (χ1n) is 8.10. The van der Waals surface area contributed by atoms with Crippen LogP contribution in [0.2, 0.25) is 0 Å². The van der Waals surface area contributed by atoms with Crippen LogP contribution in [0.4, 0.5) is 0 Å². The molecule has 4 nitrogen and oxygen atoms in total. The Morgan fingerprint density at radius 3 is 2.44 bits per heavy atom. The maximum atomic E-state index is 13.2. The Morgan fingerprint density at radius 2 is 1.76 bits per heavy atom. The van der Waals surface area contributed by atoms with Gasteiger partial charge in [0.25, 0.3) is 0 Å². The molecule has 0 aliphatic carbocycles. The summed E-state index contributed by atoms with van der Waals surface area (Å²) in [5.74, 6) is 2.18. The van der Waals surface area contributed by atoms with Gasteiger partial charge >= 0.3 is 0 Å². The number of ether oxygens (including phenoxy) is 2. The number of aryl methyl sites for hydroxylation is 1. The van der Waals surface area contributed by atoms with E-state index < -0.39 is 0 Å². The standard InChI is InChI=1S/C21H20O4/c1-5-8-15-14(7-3)20(22)19(16(25-15)9-6-2)18-13(4)10-11-17-21(18)24-12-23-17/h5-11H,3,12H2,1-2,4H3/b8-5-,9-6-. The first kappa shape index (κ1) is 16.8. The van der Waals surface area contributed by atoms with Gasteiger partial charge < -0.3 is 13.9 Å². The van der Waals surface area contributed by atoms with E-state index in [1.54, 1.807) is 12.2 Å². The van der Waals surface area contributed by atoms with E-state index in [9.17, 15) is 4.79 Å². The second-order valence-corrected chi connectivity index (χ2v) is 5.64. The van der Waals surface area contributed by atoms with Crippen molar-refractivity contribution in [1.29, 1.82) is 0 Å². The van der Waals surface area contributed by atoms with E-state index in [1.807, 2.05) is 45.1 Å². The topological polar surface area (TPSA) is 48.7 Å². The van der Waals surface area contributed by atoms with Gasteiger partial charge in [0.1, 0.15) is 11.5 Å². The van der Waals surface area contributed by atoms with Crippen molar-refractivity contribution in [2.75, 3.05) is 6.79 Å². The second kappa shape index (κ2) is 6.85. The Balaban J connectivity index is 2.43. The van der Waals surface area contributed by atoms with Gasteiger partial charge in [-0.05, 0) is 44.6 Å². The lowest BCUT2D eigenvalue weighted by Crippen LogP contribution is -2.13. The molecule has 1 aromatic carbocycles. The Morgan fingerprint density at radius 1 is 1.04 bits per heavy atom. The largest absolute Gasteiger partial charge is 0.456 e. The van der Waals surface area contributed by atoms with Gasteiger partial charge in [0.05, 0.1) is 11.1 Å². The molecule has 4 heteroatoms. The minimum Gasteiger partial charge on any atom is -0.456 e. The normalized spacial score (nSPS) is 13.1. The molecular formula is C21H20O4. The van der Waals surface area contributed by atoms with Gasteiger partial charge in [0.2, 0.25) is 12.2 Å². The number of allylic oxidation sites excluding steroid dienone is 2. The lowest BCUT2D eigenvalue weighted by Gasteiger charge is -2.13. The smallest absolute Gasteiger partial charge is 0.231 e. The van der Waals surface area contributed by atoms with Crippen molar-refractivity contribution >= 4 is 18.2 Å². The number of fused-ring (bicyclic) bond motifs is 1. The van der Waals surface area contributed by atoms with Gasteiger partial charge in [-0.3, -0.25) is 4.79 Å². The third-order valence-corrected chi connectivity index (χ3v) is 4.04. The molecule has 3 rings (SSSR count). The molecule has 0 unspecified atom stereocenters.